The molecule has 0 atom stereocenters. The summed E-state index contributed by atoms with van der Waals surface area (Å²) in [7, 11) is 1.53. The molecule has 0 aromatic carbocycles. The van der Waals surface area contributed by atoms with Crippen molar-refractivity contribution in [3.8, 4) is 5.88 Å². The molecule has 0 amide bonds. The molecule has 2 rings (SSSR count). The summed E-state index contributed by atoms with van der Waals surface area (Å²) in [5, 5.41) is 0. The first-order chi connectivity index (χ1) is 10.6. The number of ether oxygens (including phenoxy) is 3. The fourth-order valence-electron chi connectivity index (χ4n) is 1.88. The van der Waals surface area contributed by atoms with Crippen LogP contribution in [-0.4, -0.2) is 40.6 Å². The van der Waals surface area contributed by atoms with Gasteiger partial charge in [-0.1, -0.05) is 0 Å². The summed E-state index contributed by atoms with van der Waals surface area (Å²) in [6, 6.07) is 1.17. The van der Waals surface area contributed by atoms with E-state index in [1.165, 1.54) is 17.7 Å². The molecule has 0 saturated carbocycles. The molecule has 0 bridgehead atoms. The lowest BCUT2D eigenvalue weighted by molar-refractivity contribution is -0.153. The minimum atomic E-state index is -0.662. The van der Waals surface area contributed by atoms with Gasteiger partial charge in [-0.15, -0.1) is 0 Å². The number of hydrogen-bond acceptors (Lipinski definition) is 6. The van der Waals surface area contributed by atoms with E-state index in [4.69, 9.17) is 14.2 Å². The van der Waals surface area contributed by atoms with Gasteiger partial charge in [0.15, 0.2) is 17.8 Å². The Balaban J connectivity index is 2.25. The van der Waals surface area contributed by atoms with Crippen LogP contribution in [-0.2, 0) is 16.5 Å². The first-order valence-electron chi connectivity index (χ1n) is 6.95. The minimum absolute atomic E-state index is 0.00862. The van der Waals surface area contributed by atoms with Crippen LogP contribution in [0.3, 0.4) is 0 Å². The minimum Gasteiger partial charge on any atom is -0.470 e. The third-order valence-electron chi connectivity index (χ3n) is 2.93. The molecule has 22 heavy (non-hydrogen) atoms. The van der Waals surface area contributed by atoms with Gasteiger partial charge >= 0.3 is 0 Å². The Kier molecular flexibility index (Phi) is 5.40. The molecule has 0 saturated heterocycles. The Hall–Kier alpha value is -2.06. The molecule has 0 radical (unpaired) electrons. The van der Waals surface area contributed by atoms with Gasteiger partial charge in [0, 0.05) is 26.3 Å². The molecule has 2 aromatic rings. The van der Waals surface area contributed by atoms with Crippen LogP contribution in [0.1, 0.15) is 13.8 Å². The lowest BCUT2D eigenvalue weighted by atomic mass is 10.4. The largest absolute Gasteiger partial charge is 0.470 e. The zero-order chi connectivity index (χ0) is 16.1. The van der Waals surface area contributed by atoms with Gasteiger partial charge in [0.05, 0.1) is 6.20 Å². The molecule has 2 aromatic heterocycles. The molecule has 0 spiro atoms. The second-order valence-corrected chi connectivity index (χ2v) is 4.42. The van der Waals surface area contributed by atoms with Gasteiger partial charge in [0.25, 0.3) is 11.4 Å². The highest BCUT2D eigenvalue weighted by Crippen LogP contribution is 2.18. The number of rotatable bonds is 7. The number of aryl methyl sites for hydroxylation is 1. The standard InChI is InChI=1S/C14H18FN3O4/c1-4-20-12(21-5-2)8-22-14-9(15)6-10-13(17-14)18(3)11(19)7-16-10/h6-7,12H,4-5,8H2,1-3H3. The zero-order valence-corrected chi connectivity index (χ0v) is 12.7. The van der Waals surface area contributed by atoms with E-state index in [9.17, 15) is 9.18 Å². The van der Waals surface area contributed by atoms with Gasteiger partial charge in [0.2, 0.25) is 0 Å². The highest BCUT2D eigenvalue weighted by molar-refractivity contribution is 5.70. The average Bonchev–Trinajstić information content (AvgIpc) is 2.50. The van der Waals surface area contributed by atoms with Crippen LogP contribution >= 0.6 is 0 Å². The number of pyridine rings is 1. The summed E-state index contributed by atoms with van der Waals surface area (Å²) in [5.74, 6) is -0.884. The van der Waals surface area contributed by atoms with Crippen LogP contribution in [0.25, 0.3) is 11.2 Å². The summed E-state index contributed by atoms with van der Waals surface area (Å²) in [6.07, 6.45) is 0.508. The zero-order valence-electron chi connectivity index (χ0n) is 12.7. The van der Waals surface area contributed by atoms with Crippen LogP contribution in [0.5, 0.6) is 5.88 Å². The maximum atomic E-state index is 14.0. The molecule has 0 N–H and O–H groups in total. The van der Waals surface area contributed by atoms with Crippen molar-refractivity contribution in [2.45, 2.75) is 20.1 Å². The molecule has 0 unspecified atom stereocenters. The molecule has 0 aliphatic heterocycles. The monoisotopic (exact) mass is 311 g/mol. The van der Waals surface area contributed by atoms with Gasteiger partial charge in [-0.05, 0) is 13.8 Å². The second kappa shape index (κ2) is 7.28. The first kappa shape index (κ1) is 16.3. The maximum absolute atomic E-state index is 14.0. The fraction of sp³-hybridized carbons (Fsp3) is 0.500. The number of aromatic nitrogens is 3. The van der Waals surface area contributed by atoms with Crippen LogP contribution in [0.15, 0.2) is 17.1 Å². The Bertz CT molecular complexity index is 698. The van der Waals surface area contributed by atoms with Crippen molar-refractivity contribution in [3.63, 3.8) is 0 Å². The van der Waals surface area contributed by atoms with Crippen molar-refractivity contribution in [1.82, 2.24) is 14.5 Å². The van der Waals surface area contributed by atoms with Crippen molar-refractivity contribution in [2.75, 3.05) is 19.8 Å². The van der Waals surface area contributed by atoms with Crippen molar-refractivity contribution < 1.29 is 18.6 Å². The summed E-state index contributed by atoms with van der Waals surface area (Å²) < 4.78 is 31.2. The lowest BCUT2D eigenvalue weighted by Crippen LogP contribution is -2.26. The Morgan fingerprint density at radius 3 is 2.64 bits per heavy atom. The second-order valence-electron chi connectivity index (χ2n) is 4.42. The number of halogens is 1. The third-order valence-corrected chi connectivity index (χ3v) is 2.93. The molecule has 0 aliphatic rings. The Morgan fingerprint density at radius 1 is 1.32 bits per heavy atom. The van der Waals surface area contributed by atoms with Crippen molar-refractivity contribution in [1.29, 1.82) is 0 Å². The van der Waals surface area contributed by atoms with E-state index in [1.807, 2.05) is 13.8 Å². The first-order valence-corrected chi connectivity index (χ1v) is 6.95. The van der Waals surface area contributed by atoms with E-state index in [-0.39, 0.29) is 29.2 Å². The maximum Gasteiger partial charge on any atom is 0.270 e. The van der Waals surface area contributed by atoms with E-state index < -0.39 is 12.1 Å². The summed E-state index contributed by atoms with van der Waals surface area (Å²) >= 11 is 0. The highest BCUT2D eigenvalue weighted by atomic mass is 19.1. The predicted molar refractivity (Wildman–Crippen MR) is 77.3 cm³/mol. The number of fused-ring (bicyclic) bond motifs is 1. The van der Waals surface area contributed by atoms with Gasteiger partial charge in [-0.2, -0.15) is 4.98 Å². The quantitative estimate of drug-likeness (QED) is 0.716. The van der Waals surface area contributed by atoms with Gasteiger partial charge in [0.1, 0.15) is 12.1 Å². The molecular weight excluding hydrogens is 293 g/mol. The van der Waals surface area contributed by atoms with Crippen LogP contribution in [0.2, 0.25) is 0 Å². The Labute approximate surface area is 126 Å². The van der Waals surface area contributed by atoms with Crippen LogP contribution < -0.4 is 10.3 Å². The average molecular weight is 311 g/mol. The predicted octanol–water partition coefficient (Wildman–Crippen LogP) is 1.25. The molecule has 7 nitrogen and oxygen atoms in total. The molecular formula is C14H18FN3O4. The number of nitrogens with zero attached hydrogens (tertiary/aromatic N) is 3. The van der Waals surface area contributed by atoms with Gasteiger partial charge in [-0.25, -0.2) is 9.37 Å². The van der Waals surface area contributed by atoms with Gasteiger partial charge in [-0.3, -0.25) is 9.36 Å². The van der Waals surface area contributed by atoms with E-state index in [0.717, 1.165) is 6.20 Å². The normalized spacial score (nSPS) is 11.3. The molecule has 8 heteroatoms. The van der Waals surface area contributed by atoms with E-state index in [2.05, 4.69) is 9.97 Å². The topological polar surface area (TPSA) is 75.5 Å². The fourth-order valence-corrected chi connectivity index (χ4v) is 1.88. The summed E-state index contributed by atoms with van der Waals surface area (Å²) in [5.41, 5.74) is 0.186. The van der Waals surface area contributed by atoms with Crippen LogP contribution in [0, 0.1) is 5.82 Å². The molecule has 0 aliphatic carbocycles. The lowest BCUT2D eigenvalue weighted by Gasteiger charge is -2.17. The van der Waals surface area contributed by atoms with Crippen LogP contribution in [0.4, 0.5) is 4.39 Å². The third kappa shape index (κ3) is 3.58. The van der Waals surface area contributed by atoms with Crippen molar-refractivity contribution in [2.24, 2.45) is 7.05 Å². The van der Waals surface area contributed by atoms with Crippen molar-refractivity contribution >= 4 is 11.2 Å². The SMILES string of the molecule is CCOC(COc1nc2c(cc1F)ncc(=O)n2C)OCC. The van der Waals surface area contributed by atoms with Crippen molar-refractivity contribution in [3.05, 3.63) is 28.4 Å². The summed E-state index contributed by atoms with van der Waals surface area (Å²) in [4.78, 5) is 19.4. The van der Waals surface area contributed by atoms with E-state index in [0.29, 0.717) is 13.2 Å². The molecule has 0 fully saturated rings. The number of hydrogen-bond donors (Lipinski definition) is 0. The molecule has 2 heterocycles. The highest BCUT2D eigenvalue weighted by Gasteiger charge is 2.15. The van der Waals surface area contributed by atoms with E-state index >= 15 is 0 Å². The smallest absolute Gasteiger partial charge is 0.270 e. The van der Waals surface area contributed by atoms with E-state index in [1.54, 1.807) is 0 Å². The molecule has 120 valence electrons. The summed E-state index contributed by atoms with van der Waals surface area (Å²) in [6.45, 7) is 4.52. The van der Waals surface area contributed by atoms with Gasteiger partial charge < -0.3 is 14.2 Å². The Morgan fingerprint density at radius 2 is 2.00 bits per heavy atom.